The fourth-order valence-corrected chi connectivity index (χ4v) is 1.49. The Kier molecular flexibility index (Phi) is 4.13. The molecule has 0 saturated carbocycles. The van der Waals surface area contributed by atoms with E-state index in [1.54, 1.807) is 6.07 Å². The van der Waals surface area contributed by atoms with Crippen LogP contribution in [0.1, 0.15) is 10.4 Å². The first-order valence-corrected chi connectivity index (χ1v) is 5.32. The van der Waals surface area contributed by atoms with E-state index in [1.165, 1.54) is 19.2 Å². The van der Waals surface area contributed by atoms with Gasteiger partial charge in [-0.25, -0.2) is 0 Å². The predicted octanol–water partition coefficient (Wildman–Crippen LogP) is 3.90. The molecule has 0 aliphatic heterocycles. The summed E-state index contributed by atoms with van der Waals surface area (Å²) in [6.45, 7) is 0. The molecule has 6 heteroatoms. The average Bonchev–Trinajstić information content (AvgIpc) is 2.15. The highest BCUT2D eigenvalue weighted by atomic mass is 35.6. The third kappa shape index (κ3) is 3.15. The van der Waals surface area contributed by atoms with E-state index in [4.69, 9.17) is 51.1 Å². The van der Waals surface area contributed by atoms with Crippen molar-refractivity contribution in [3.8, 4) is 5.75 Å². The van der Waals surface area contributed by atoms with Crippen LogP contribution < -0.4 is 4.74 Å². The van der Waals surface area contributed by atoms with Crippen LogP contribution >= 0.6 is 46.4 Å². The Morgan fingerprint density at radius 1 is 1.33 bits per heavy atom. The number of carbonyl (C=O) groups excluding carboxylic acids is 1. The van der Waals surface area contributed by atoms with Crippen molar-refractivity contribution < 1.29 is 9.53 Å². The molecule has 2 nitrogen and oxygen atoms in total. The molecule has 0 saturated heterocycles. The van der Waals surface area contributed by atoms with Gasteiger partial charge in [0.15, 0.2) is 0 Å². The Morgan fingerprint density at radius 2 is 1.93 bits per heavy atom. The summed E-state index contributed by atoms with van der Waals surface area (Å²) in [5.41, 5.74) is 0.144. The number of alkyl halides is 3. The molecule has 0 aromatic heterocycles. The number of carbonyl (C=O) groups is 1. The van der Waals surface area contributed by atoms with Crippen LogP contribution in [0.25, 0.3) is 0 Å². The van der Waals surface area contributed by atoms with Gasteiger partial charge in [-0.1, -0.05) is 46.4 Å². The van der Waals surface area contributed by atoms with Gasteiger partial charge in [0.2, 0.25) is 5.78 Å². The summed E-state index contributed by atoms with van der Waals surface area (Å²) in [6, 6.07) is 4.51. The van der Waals surface area contributed by atoms with E-state index in [9.17, 15) is 4.79 Å². The number of ether oxygens (including phenoxy) is 1. The van der Waals surface area contributed by atoms with Crippen molar-refractivity contribution in [3.05, 3.63) is 28.8 Å². The van der Waals surface area contributed by atoms with Gasteiger partial charge in [-0.2, -0.15) is 0 Å². The van der Waals surface area contributed by atoms with Crippen molar-refractivity contribution in [2.75, 3.05) is 7.11 Å². The standard InChI is InChI=1S/C9H6Cl4O2/c1-15-7-3-2-5(10)4-6(7)8(14)9(11,12)13/h2-4H,1H3. The molecule has 0 spiro atoms. The van der Waals surface area contributed by atoms with Gasteiger partial charge in [-0.05, 0) is 18.2 Å². The average molecular weight is 288 g/mol. The van der Waals surface area contributed by atoms with Gasteiger partial charge >= 0.3 is 0 Å². The Bertz CT molecular complexity index is 384. The van der Waals surface area contributed by atoms with Crippen molar-refractivity contribution in [1.29, 1.82) is 0 Å². The molecule has 0 unspecified atom stereocenters. The third-order valence-corrected chi connectivity index (χ3v) is 2.41. The van der Waals surface area contributed by atoms with Gasteiger partial charge in [-0.3, -0.25) is 4.79 Å². The number of Topliss-reactive ketones (excluding diaryl/α,β-unsaturated/α-hetero) is 1. The Morgan fingerprint density at radius 3 is 2.40 bits per heavy atom. The van der Waals surface area contributed by atoms with E-state index in [0.717, 1.165) is 0 Å². The SMILES string of the molecule is COc1ccc(Cl)cc1C(=O)C(Cl)(Cl)Cl. The molecule has 0 aliphatic rings. The molecule has 0 heterocycles. The first-order valence-electron chi connectivity index (χ1n) is 3.81. The predicted molar refractivity (Wildman–Crippen MR) is 62.6 cm³/mol. The molecule has 15 heavy (non-hydrogen) atoms. The van der Waals surface area contributed by atoms with Crippen LogP contribution in [0.3, 0.4) is 0 Å². The minimum atomic E-state index is -2.02. The number of hydrogen-bond donors (Lipinski definition) is 0. The largest absolute Gasteiger partial charge is 0.496 e. The van der Waals surface area contributed by atoms with Crippen molar-refractivity contribution in [3.63, 3.8) is 0 Å². The molecule has 1 rings (SSSR count). The monoisotopic (exact) mass is 286 g/mol. The highest BCUT2D eigenvalue weighted by Gasteiger charge is 2.33. The summed E-state index contributed by atoms with van der Waals surface area (Å²) in [4.78, 5) is 11.7. The topological polar surface area (TPSA) is 26.3 Å². The Balaban J connectivity index is 3.23. The zero-order valence-electron chi connectivity index (χ0n) is 7.56. The minimum absolute atomic E-state index is 0.144. The second kappa shape index (κ2) is 4.79. The van der Waals surface area contributed by atoms with Crippen LogP contribution in [0.2, 0.25) is 5.02 Å². The van der Waals surface area contributed by atoms with Crippen LogP contribution in [-0.4, -0.2) is 16.7 Å². The summed E-state index contributed by atoms with van der Waals surface area (Å²) >= 11 is 22.2. The molecule has 0 bridgehead atoms. The molecule has 0 fully saturated rings. The Labute approximate surface area is 107 Å². The maximum atomic E-state index is 11.7. The van der Waals surface area contributed by atoms with Crippen molar-refractivity contribution in [2.24, 2.45) is 0 Å². The van der Waals surface area contributed by atoms with E-state index in [0.29, 0.717) is 10.8 Å². The number of hydrogen-bond acceptors (Lipinski definition) is 2. The lowest BCUT2D eigenvalue weighted by Gasteiger charge is -2.12. The fourth-order valence-electron chi connectivity index (χ4n) is 1.01. The molecule has 82 valence electrons. The molecule has 0 N–H and O–H groups in total. The number of benzene rings is 1. The van der Waals surface area contributed by atoms with E-state index in [2.05, 4.69) is 0 Å². The molecular formula is C9H6Cl4O2. The summed E-state index contributed by atoms with van der Waals surface area (Å²) in [6.07, 6.45) is 0. The maximum absolute atomic E-state index is 11.7. The molecular weight excluding hydrogens is 282 g/mol. The smallest absolute Gasteiger partial charge is 0.253 e. The fraction of sp³-hybridized carbons (Fsp3) is 0.222. The molecule has 0 amide bonds. The zero-order chi connectivity index (χ0) is 11.6. The lowest BCUT2D eigenvalue weighted by molar-refractivity contribution is 0.0993. The van der Waals surface area contributed by atoms with Gasteiger partial charge in [0.25, 0.3) is 3.79 Å². The summed E-state index contributed by atoms with van der Waals surface area (Å²) < 4.78 is 2.95. The van der Waals surface area contributed by atoms with Crippen molar-refractivity contribution in [1.82, 2.24) is 0 Å². The van der Waals surface area contributed by atoms with Gasteiger partial charge < -0.3 is 4.74 Å². The van der Waals surface area contributed by atoms with Crippen LogP contribution in [0.5, 0.6) is 5.75 Å². The second-order valence-corrected chi connectivity index (χ2v) is 5.39. The molecule has 1 aromatic rings. The number of methoxy groups -OCH3 is 1. The number of halogens is 4. The van der Waals surface area contributed by atoms with E-state index < -0.39 is 9.58 Å². The van der Waals surface area contributed by atoms with Gasteiger partial charge in [0.1, 0.15) is 5.75 Å². The zero-order valence-corrected chi connectivity index (χ0v) is 10.6. The number of rotatable bonds is 2. The molecule has 0 aliphatic carbocycles. The first kappa shape index (κ1) is 12.9. The normalized spacial score (nSPS) is 11.3. The highest BCUT2D eigenvalue weighted by Crippen LogP contribution is 2.34. The lowest BCUT2D eigenvalue weighted by atomic mass is 10.1. The minimum Gasteiger partial charge on any atom is -0.496 e. The highest BCUT2D eigenvalue weighted by molar-refractivity contribution is 6.77. The van der Waals surface area contributed by atoms with Gasteiger partial charge in [0.05, 0.1) is 12.7 Å². The Hall–Kier alpha value is -0.150. The van der Waals surface area contributed by atoms with E-state index in [1.807, 2.05) is 0 Å². The number of ketones is 1. The van der Waals surface area contributed by atoms with Gasteiger partial charge in [0, 0.05) is 5.02 Å². The lowest BCUT2D eigenvalue weighted by Crippen LogP contribution is -2.19. The van der Waals surface area contributed by atoms with Crippen molar-refractivity contribution in [2.45, 2.75) is 3.79 Å². The van der Waals surface area contributed by atoms with Crippen LogP contribution in [0.15, 0.2) is 18.2 Å². The molecule has 0 radical (unpaired) electrons. The molecule has 1 aromatic carbocycles. The van der Waals surface area contributed by atoms with Crippen LogP contribution in [-0.2, 0) is 0 Å². The molecule has 0 atom stereocenters. The summed E-state index contributed by atoms with van der Waals surface area (Å²) in [5, 5.41) is 0.369. The van der Waals surface area contributed by atoms with E-state index in [-0.39, 0.29) is 5.56 Å². The van der Waals surface area contributed by atoms with Crippen molar-refractivity contribution >= 4 is 52.2 Å². The van der Waals surface area contributed by atoms with E-state index >= 15 is 0 Å². The maximum Gasteiger partial charge on any atom is 0.253 e. The quantitative estimate of drug-likeness (QED) is 0.609. The first-order chi connectivity index (χ1) is 6.86. The summed E-state index contributed by atoms with van der Waals surface area (Å²) in [7, 11) is 1.42. The second-order valence-electron chi connectivity index (χ2n) is 2.67. The van der Waals surface area contributed by atoms with Crippen LogP contribution in [0, 0.1) is 0 Å². The van der Waals surface area contributed by atoms with Gasteiger partial charge in [-0.15, -0.1) is 0 Å². The van der Waals surface area contributed by atoms with Crippen LogP contribution in [0.4, 0.5) is 0 Å². The summed E-state index contributed by atoms with van der Waals surface area (Å²) in [5.74, 6) is -0.359. The third-order valence-electron chi connectivity index (χ3n) is 1.66.